The van der Waals surface area contributed by atoms with E-state index in [9.17, 15) is 0 Å². The van der Waals surface area contributed by atoms with Crippen LogP contribution in [0.15, 0.2) is 22.3 Å². The first-order chi connectivity index (χ1) is 4.13. The van der Waals surface area contributed by atoms with Crippen molar-refractivity contribution in [1.29, 1.82) is 0 Å². The maximum Gasteiger partial charge on any atom is 0.0116 e. The molecule has 0 N–H and O–H groups in total. The summed E-state index contributed by atoms with van der Waals surface area (Å²) in [7, 11) is 0. The molecule has 0 saturated carbocycles. The van der Waals surface area contributed by atoms with E-state index in [1.54, 1.807) is 0 Å². The predicted molar refractivity (Wildman–Crippen MR) is 41.0 cm³/mol. The summed E-state index contributed by atoms with van der Waals surface area (Å²) in [5.41, 5.74) is 5.75. The standard InChI is InChI=1S/C9H13.Ti/c1-6-5-7(2)9(4)8(6)3;/h5H,1-4H3;. The molecule has 0 heterocycles. The van der Waals surface area contributed by atoms with Crippen molar-refractivity contribution in [2.24, 2.45) is 0 Å². The molecule has 0 nitrogen and oxygen atoms in total. The van der Waals surface area contributed by atoms with Crippen LogP contribution in [0.2, 0.25) is 0 Å². The van der Waals surface area contributed by atoms with E-state index in [1.165, 1.54) is 22.3 Å². The van der Waals surface area contributed by atoms with Crippen LogP contribution in [0, 0.1) is 6.42 Å². The molecular weight excluding hydrogens is 156 g/mol. The summed E-state index contributed by atoms with van der Waals surface area (Å²) in [6.45, 7) is 8.68. The van der Waals surface area contributed by atoms with Crippen LogP contribution in [0.3, 0.4) is 0 Å². The second kappa shape index (κ2) is 3.55. The summed E-state index contributed by atoms with van der Waals surface area (Å²) in [6, 6.07) is 0. The summed E-state index contributed by atoms with van der Waals surface area (Å²) in [4.78, 5) is 0. The molecule has 0 aromatic heterocycles. The average Bonchev–Trinajstić information content (AvgIpc) is 1.98. The molecule has 0 atom stereocenters. The first kappa shape index (κ1) is 10.2. The summed E-state index contributed by atoms with van der Waals surface area (Å²) < 4.78 is 0. The van der Waals surface area contributed by atoms with Crippen molar-refractivity contribution in [3.05, 3.63) is 28.7 Å². The monoisotopic (exact) mass is 169 g/mol. The van der Waals surface area contributed by atoms with Crippen molar-refractivity contribution in [1.82, 2.24) is 0 Å². The fraction of sp³-hybridized carbons (Fsp3) is 0.444. The van der Waals surface area contributed by atoms with E-state index in [-0.39, 0.29) is 21.7 Å². The summed E-state index contributed by atoms with van der Waals surface area (Å²) in [5.74, 6) is 0. The van der Waals surface area contributed by atoms with E-state index in [4.69, 9.17) is 0 Å². The van der Waals surface area contributed by atoms with Crippen molar-refractivity contribution in [3.63, 3.8) is 0 Å². The number of hydrogen-bond donors (Lipinski definition) is 0. The van der Waals surface area contributed by atoms with Gasteiger partial charge in [-0.05, 0) is 38.8 Å². The van der Waals surface area contributed by atoms with Gasteiger partial charge in [0.1, 0.15) is 0 Å². The zero-order valence-electron chi connectivity index (χ0n) is 7.08. The van der Waals surface area contributed by atoms with Gasteiger partial charge in [-0.3, -0.25) is 0 Å². The van der Waals surface area contributed by atoms with Crippen LogP contribution in [-0.4, -0.2) is 0 Å². The SMILES string of the molecule is CC1=C(C)C(C)=C(C)[CH]1.[Ti]. The molecule has 1 aliphatic rings. The molecule has 0 amide bonds. The maximum atomic E-state index is 2.24. The Morgan fingerprint density at radius 1 is 0.800 bits per heavy atom. The van der Waals surface area contributed by atoms with Gasteiger partial charge in [-0.1, -0.05) is 11.1 Å². The largest absolute Gasteiger partial charge is 0.0620 e. The van der Waals surface area contributed by atoms with E-state index < -0.39 is 0 Å². The minimum absolute atomic E-state index is 0. The van der Waals surface area contributed by atoms with Crippen LogP contribution in [0.1, 0.15) is 27.7 Å². The second-order valence-corrected chi connectivity index (χ2v) is 2.76. The number of allylic oxidation sites excluding steroid dienone is 4. The van der Waals surface area contributed by atoms with Crippen LogP contribution < -0.4 is 0 Å². The van der Waals surface area contributed by atoms with E-state index in [0.717, 1.165) is 0 Å². The third kappa shape index (κ3) is 1.62. The molecule has 0 unspecified atom stereocenters. The van der Waals surface area contributed by atoms with Crippen LogP contribution in [-0.2, 0) is 21.7 Å². The molecule has 1 heteroatoms. The fourth-order valence-corrected chi connectivity index (χ4v) is 1.13. The van der Waals surface area contributed by atoms with Crippen molar-refractivity contribution in [2.75, 3.05) is 0 Å². The second-order valence-electron chi connectivity index (χ2n) is 2.76. The van der Waals surface area contributed by atoms with Gasteiger partial charge in [-0.2, -0.15) is 0 Å². The first-order valence-corrected chi connectivity index (χ1v) is 3.33. The van der Waals surface area contributed by atoms with Gasteiger partial charge < -0.3 is 0 Å². The molecule has 0 aromatic carbocycles. The molecule has 10 heavy (non-hydrogen) atoms. The molecule has 53 valence electrons. The third-order valence-electron chi connectivity index (χ3n) is 2.18. The molecule has 0 aromatic rings. The maximum absolute atomic E-state index is 2.24. The van der Waals surface area contributed by atoms with Gasteiger partial charge in [0.15, 0.2) is 0 Å². The smallest absolute Gasteiger partial charge is 0.0116 e. The van der Waals surface area contributed by atoms with Gasteiger partial charge in [0, 0.05) is 28.1 Å². The van der Waals surface area contributed by atoms with Crippen LogP contribution >= 0.6 is 0 Å². The molecule has 1 radical (unpaired) electrons. The van der Waals surface area contributed by atoms with Gasteiger partial charge in [0.2, 0.25) is 0 Å². The van der Waals surface area contributed by atoms with E-state index in [1.807, 2.05) is 0 Å². The fourth-order valence-electron chi connectivity index (χ4n) is 1.13. The Labute approximate surface area is 78.3 Å². The van der Waals surface area contributed by atoms with E-state index in [0.29, 0.717) is 0 Å². The predicted octanol–water partition coefficient (Wildman–Crippen LogP) is 2.87. The van der Waals surface area contributed by atoms with Crippen LogP contribution in [0.4, 0.5) is 0 Å². The molecule has 0 saturated heterocycles. The normalized spacial score (nSPS) is 18.0. The van der Waals surface area contributed by atoms with Crippen LogP contribution in [0.25, 0.3) is 0 Å². The summed E-state index contributed by atoms with van der Waals surface area (Å²) in [5, 5.41) is 0. The summed E-state index contributed by atoms with van der Waals surface area (Å²) in [6.07, 6.45) is 2.24. The van der Waals surface area contributed by atoms with Crippen molar-refractivity contribution < 1.29 is 21.7 Å². The van der Waals surface area contributed by atoms with Gasteiger partial charge in [0.25, 0.3) is 0 Å². The molecule has 0 fully saturated rings. The van der Waals surface area contributed by atoms with Gasteiger partial charge in [-0.15, -0.1) is 0 Å². The van der Waals surface area contributed by atoms with Crippen LogP contribution in [0.5, 0.6) is 0 Å². The molecule has 0 aliphatic heterocycles. The minimum atomic E-state index is 0. The molecule has 1 aliphatic carbocycles. The summed E-state index contributed by atoms with van der Waals surface area (Å²) >= 11 is 0. The Kier molecular flexibility index (Phi) is 3.62. The zero-order valence-corrected chi connectivity index (χ0v) is 8.64. The number of rotatable bonds is 0. The first-order valence-electron chi connectivity index (χ1n) is 3.33. The van der Waals surface area contributed by atoms with E-state index in [2.05, 4.69) is 34.1 Å². The Balaban J connectivity index is 0.000000810. The molecule has 1 rings (SSSR count). The zero-order chi connectivity index (χ0) is 7.02. The van der Waals surface area contributed by atoms with Gasteiger partial charge >= 0.3 is 0 Å². The quantitative estimate of drug-likeness (QED) is 0.489. The topological polar surface area (TPSA) is 0 Å². The Morgan fingerprint density at radius 2 is 1.10 bits per heavy atom. The molecular formula is C9H13Ti. The number of hydrogen-bond acceptors (Lipinski definition) is 0. The van der Waals surface area contributed by atoms with Gasteiger partial charge in [-0.25, -0.2) is 0 Å². The average molecular weight is 169 g/mol. The van der Waals surface area contributed by atoms with E-state index >= 15 is 0 Å². The third-order valence-corrected chi connectivity index (χ3v) is 2.18. The van der Waals surface area contributed by atoms with Crippen molar-refractivity contribution in [2.45, 2.75) is 27.7 Å². The molecule has 0 bridgehead atoms. The van der Waals surface area contributed by atoms with Crippen molar-refractivity contribution in [3.8, 4) is 0 Å². The Hall–Kier alpha value is 0.194. The Bertz CT molecular complexity index is 175. The Morgan fingerprint density at radius 3 is 1.20 bits per heavy atom. The van der Waals surface area contributed by atoms with Gasteiger partial charge in [0.05, 0.1) is 0 Å². The minimum Gasteiger partial charge on any atom is -0.0620 e. The molecule has 0 spiro atoms. The van der Waals surface area contributed by atoms with Crippen molar-refractivity contribution >= 4 is 0 Å².